The number of benzene rings is 1. The summed E-state index contributed by atoms with van der Waals surface area (Å²) in [4.78, 5) is 24.4. The molecule has 0 bridgehead atoms. The van der Waals surface area contributed by atoms with Crippen molar-refractivity contribution in [3.8, 4) is 0 Å². The van der Waals surface area contributed by atoms with E-state index in [9.17, 15) is 9.59 Å². The molecule has 0 amide bonds. The van der Waals surface area contributed by atoms with Gasteiger partial charge in [-0.2, -0.15) is 0 Å². The van der Waals surface area contributed by atoms with Crippen LogP contribution in [0.4, 0.5) is 0 Å². The average molecular weight is 284 g/mol. The van der Waals surface area contributed by atoms with E-state index in [1.54, 1.807) is 4.57 Å². The predicted molar refractivity (Wildman–Crippen MR) is 75.4 cm³/mol. The summed E-state index contributed by atoms with van der Waals surface area (Å²) in [6, 6.07) is 5.81. The molecule has 3 aromatic rings. The van der Waals surface area contributed by atoms with E-state index in [1.165, 1.54) is 7.11 Å². The van der Waals surface area contributed by atoms with Gasteiger partial charge in [-0.1, -0.05) is 23.4 Å². The topological polar surface area (TPSA) is 74.3 Å². The number of hydrogen-bond donors (Lipinski definition) is 0. The van der Waals surface area contributed by atoms with Crippen LogP contribution < -0.4 is 5.56 Å². The van der Waals surface area contributed by atoms with Gasteiger partial charge in [-0.05, 0) is 18.4 Å². The van der Waals surface area contributed by atoms with Crippen molar-refractivity contribution >= 4 is 27.8 Å². The Labute approximate surface area is 118 Å². The van der Waals surface area contributed by atoms with Gasteiger partial charge in [-0.25, -0.2) is 4.79 Å². The number of para-hydroxylation sites is 1. The van der Waals surface area contributed by atoms with Crippen molar-refractivity contribution in [2.45, 2.75) is 19.4 Å². The summed E-state index contributed by atoms with van der Waals surface area (Å²) in [7, 11) is 1.27. The van der Waals surface area contributed by atoms with Gasteiger partial charge < -0.3 is 13.8 Å². The first-order valence-electron chi connectivity index (χ1n) is 6.74. The molecule has 3 heterocycles. The smallest absolute Gasteiger partial charge is 0.377 e. The van der Waals surface area contributed by atoms with Crippen molar-refractivity contribution in [3.63, 3.8) is 0 Å². The summed E-state index contributed by atoms with van der Waals surface area (Å²) >= 11 is 0. The van der Waals surface area contributed by atoms with Crippen molar-refractivity contribution < 1.29 is 14.1 Å². The summed E-state index contributed by atoms with van der Waals surface area (Å²) in [5, 5.41) is 5.05. The van der Waals surface area contributed by atoms with Crippen LogP contribution >= 0.6 is 0 Å². The number of carbonyl (C=O) groups excluding carboxylic acids is 1. The predicted octanol–water partition coefficient (Wildman–Crippen LogP) is 1.88. The van der Waals surface area contributed by atoms with Crippen LogP contribution in [0.5, 0.6) is 0 Å². The quantitative estimate of drug-likeness (QED) is 0.638. The number of hydrogen-bond acceptors (Lipinski definition) is 5. The zero-order valence-corrected chi connectivity index (χ0v) is 11.4. The minimum absolute atomic E-state index is 0.0144. The van der Waals surface area contributed by atoms with E-state index in [0.29, 0.717) is 11.9 Å². The highest BCUT2D eigenvalue weighted by atomic mass is 16.5. The maximum absolute atomic E-state index is 12.6. The molecule has 1 aliphatic rings. The molecule has 0 radical (unpaired) electrons. The lowest BCUT2D eigenvalue weighted by molar-refractivity contribution is 0.0558. The van der Waals surface area contributed by atoms with Gasteiger partial charge in [-0.3, -0.25) is 4.79 Å². The van der Waals surface area contributed by atoms with Gasteiger partial charge in [0.05, 0.1) is 18.0 Å². The second-order valence-corrected chi connectivity index (χ2v) is 5.10. The Kier molecular flexibility index (Phi) is 2.42. The highest BCUT2D eigenvalue weighted by Crippen LogP contribution is 2.31. The second-order valence-electron chi connectivity index (χ2n) is 5.10. The molecule has 6 nitrogen and oxygen atoms in total. The Hall–Kier alpha value is -2.63. The first kappa shape index (κ1) is 12.1. The first-order valence-corrected chi connectivity index (χ1v) is 6.74. The molecule has 0 fully saturated rings. The lowest BCUT2D eigenvalue weighted by atomic mass is 9.99. The zero-order valence-electron chi connectivity index (χ0n) is 11.4. The number of pyridine rings is 1. The molecule has 106 valence electrons. The van der Waals surface area contributed by atoms with Crippen molar-refractivity contribution in [2.24, 2.45) is 0 Å². The zero-order chi connectivity index (χ0) is 14.6. The number of carbonyl (C=O) groups is 1. The van der Waals surface area contributed by atoms with E-state index >= 15 is 0 Å². The van der Waals surface area contributed by atoms with Crippen LogP contribution in [0.25, 0.3) is 21.8 Å². The van der Waals surface area contributed by atoms with Gasteiger partial charge in [0.1, 0.15) is 0 Å². The van der Waals surface area contributed by atoms with Crippen LogP contribution in [0, 0.1) is 0 Å². The molecule has 1 aliphatic heterocycles. The number of rotatable bonds is 1. The van der Waals surface area contributed by atoms with Crippen LogP contribution in [0.1, 0.15) is 22.5 Å². The van der Waals surface area contributed by atoms with Crippen LogP contribution in [0.3, 0.4) is 0 Å². The molecule has 0 N–H and O–H groups in total. The minimum atomic E-state index is -0.626. The van der Waals surface area contributed by atoms with Gasteiger partial charge >= 0.3 is 5.97 Å². The molecule has 0 spiro atoms. The van der Waals surface area contributed by atoms with Crippen LogP contribution in [0.2, 0.25) is 0 Å². The van der Waals surface area contributed by atoms with Gasteiger partial charge in [0.15, 0.2) is 5.52 Å². The van der Waals surface area contributed by atoms with E-state index < -0.39 is 5.97 Å². The number of aromatic nitrogens is 2. The van der Waals surface area contributed by atoms with Gasteiger partial charge in [0, 0.05) is 11.9 Å². The monoisotopic (exact) mass is 284 g/mol. The average Bonchev–Trinajstić information content (AvgIpc) is 2.97. The molecule has 0 unspecified atom stereocenters. The Bertz CT molecular complexity index is 952. The fourth-order valence-corrected chi connectivity index (χ4v) is 3.10. The summed E-state index contributed by atoms with van der Waals surface area (Å²) < 4.78 is 11.5. The highest BCUT2D eigenvalue weighted by Gasteiger charge is 2.25. The molecule has 4 rings (SSSR count). The third kappa shape index (κ3) is 1.50. The molecule has 2 aromatic heterocycles. The Balaban J connectivity index is 2.27. The Morgan fingerprint density at radius 2 is 2.29 bits per heavy atom. The van der Waals surface area contributed by atoms with E-state index in [2.05, 4.69) is 5.16 Å². The van der Waals surface area contributed by atoms with E-state index in [-0.39, 0.29) is 16.8 Å². The van der Waals surface area contributed by atoms with Crippen LogP contribution in [-0.4, -0.2) is 22.8 Å². The van der Waals surface area contributed by atoms with Crippen LogP contribution in [-0.2, 0) is 17.7 Å². The lowest BCUT2D eigenvalue weighted by Gasteiger charge is -2.19. The number of esters is 1. The van der Waals surface area contributed by atoms with E-state index in [4.69, 9.17) is 9.26 Å². The number of ether oxygens (including phenoxy) is 1. The van der Waals surface area contributed by atoms with Gasteiger partial charge in [0.25, 0.3) is 11.3 Å². The third-order valence-electron chi connectivity index (χ3n) is 4.00. The van der Waals surface area contributed by atoms with E-state index in [1.807, 2.05) is 18.2 Å². The number of nitrogens with zero attached hydrogens (tertiary/aromatic N) is 2. The molecular formula is C15H12N2O4. The molecule has 1 aromatic carbocycles. The van der Waals surface area contributed by atoms with Gasteiger partial charge in [0.2, 0.25) is 0 Å². The summed E-state index contributed by atoms with van der Waals surface area (Å²) in [5.74, 6) is -0.641. The van der Waals surface area contributed by atoms with Gasteiger partial charge in [-0.15, -0.1) is 0 Å². The number of fused-ring (bicyclic) bond motifs is 2. The molecule has 0 saturated heterocycles. The number of aryl methyl sites for hydroxylation is 2. The Morgan fingerprint density at radius 3 is 3.10 bits per heavy atom. The fraction of sp³-hybridized carbons (Fsp3) is 0.267. The first-order chi connectivity index (χ1) is 10.2. The van der Waals surface area contributed by atoms with Crippen molar-refractivity contribution in [3.05, 3.63) is 39.9 Å². The lowest BCUT2D eigenvalue weighted by Crippen LogP contribution is -2.25. The largest absolute Gasteiger partial charge is 0.463 e. The third-order valence-corrected chi connectivity index (χ3v) is 4.00. The summed E-state index contributed by atoms with van der Waals surface area (Å²) in [6.45, 7) is 0.655. The molecule has 0 atom stereocenters. The second kappa shape index (κ2) is 4.18. The molecule has 0 aliphatic carbocycles. The normalized spacial score (nSPS) is 13.8. The minimum Gasteiger partial charge on any atom is -0.463 e. The van der Waals surface area contributed by atoms with Crippen molar-refractivity contribution in [2.75, 3.05) is 7.11 Å². The van der Waals surface area contributed by atoms with Crippen molar-refractivity contribution in [1.29, 1.82) is 0 Å². The molecule has 6 heteroatoms. The van der Waals surface area contributed by atoms with Crippen LogP contribution in [0.15, 0.2) is 27.5 Å². The molecular weight excluding hydrogens is 272 g/mol. The SMILES string of the molecule is COC(=O)c1onc2c(=O)n3c4c(cccc4c12)CCC3. The maximum atomic E-state index is 12.6. The molecule has 0 saturated carbocycles. The highest BCUT2D eigenvalue weighted by molar-refractivity contribution is 6.13. The Morgan fingerprint density at radius 1 is 1.43 bits per heavy atom. The molecule has 21 heavy (non-hydrogen) atoms. The maximum Gasteiger partial charge on any atom is 0.377 e. The number of methoxy groups -OCH3 is 1. The van der Waals surface area contributed by atoms with Crippen molar-refractivity contribution in [1.82, 2.24) is 9.72 Å². The van der Waals surface area contributed by atoms with E-state index in [0.717, 1.165) is 29.3 Å². The standard InChI is InChI=1S/C15H12N2O4/c1-20-15(19)13-10-9-6-2-4-8-5-3-7-17(12(8)9)14(18)11(10)16-21-13/h2,4,6H,3,5,7H2,1H3. The fourth-order valence-electron chi connectivity index (χ4n) is 3.10. The summed E-state index contributed by atoms with van der Waals surface area (Å²) in [5.41, 5.74) is 1.94. The summed E-state index contributed by atoms with van der Waals surface area (Å²) in [6.07, 6.45) is 1.83.